The van der Waals surface area contributed by atoms with Crippen LogP contribution in [0.3, 0.4) is 0 Å². The number of rotatable bonds is 8. The number of hydrogen-bond acceptors (Lipinski definition) is 14. The Morgan fingerprint density at radius 2 is 1.65 bits per heavy atom. The molecule has 10 atom stereocenters. The molecule has 18 heteroatoms. The lowest BCUT2D eigenvalue weighted by Gasteiger charge is -2.47. The van der Waals surface area contributed by atoms with E-state index in [0.717, 1.165) is 12.1 Å². The third kappa shape index (κ3) is 6.08. The molecule has 0 spiro atoms. The molecule has 268 valence electrons. The Morgan fingerprint density at radius 3 is 2.27 bits per heavy atom. The van der Waals surface area contributed by atoms with Gasteiger partial charge in [-0.15, -0.1) is 0 Å². The van der Waals surface area contributed by atoms with Crippen molar-refractivity contribution in [1.82, 2.24) is 0 Å². The average Bonchev–Trinajstić information content (AvgIpc) is 3.43. The highest BCUT2D eigenvalue weighted by molar-refractivity contribution is 7.88. The first-order chi connectivity index (χ1) is 23.1. The summed E-state index contributed by atoms with van der Waals surface area (Å²) in [5.74, 6) is -4.72. The van der Waals surface area contributed by atoms with Crippen molar-refractivity contribution in [2.75, 3.05) is 27.4 Å². The van der Waals surface area contributed by atoms with Crippen LogP contribution in [0.2, 0.25) is 0 Å². The Balaban J connectivity index is 1.52. The molecular weight excluding hydrogens is 685 g/mol. The number of carbonyl (C=O) groups excluding carboxylic acids is 1. The molecule has 3 aliphatic heterocycles. The van der Waals surface area contributed by atoms with Crippen molar-refractivity contribution in [3.05, 3.63) is 53.1 Å². The van der Waals surface area contributed by atoms with Crippen molar-refractivity contribution in [2.45, 2.75) is 61.4 Å². The van der Waals surface area contributed by atoms with Gasteiger partial charge in [-0.3, -0.25) is 4.79 Å². The Bertz CT molecular complexity index is 1710. The number of phenols is 1. The van der Waals surface area contributed by atoms with Crippen LogP contribution in [0.1, 0.15) is 41.2 Å². The third-order valence-electron chi connectivity index (χ3n) is 9.09. The Hall–Kier alpha value is -3.65. The Kier molecular flexibility index (Phi) is 9.27. The summed E-state index contributed by atoms with van der Waals surface area (Å²) in [6.45, 7) is 4.89. The predicted octanol–water partition coefficient (Wildman–Crippen LogP) is 2.48. The number of aliphatic hydroxyl groups excluding tert-OH is 2. The average molecular weight is 719 g/mol. The maximum atomic E-state index is 13.5. The van der Waals surface area contributed by atoms with Crippen molar-refractivity contribution in [3.63, 3.8) is 0 Å². The minimum atomic E-state index is -6.16. The van der Waals surface area contributed by atoms with Gasteiger partial charge < -0.3 is 52.7 Å². The van der Waals surface area contributed by atoms with E-state index in [2.05, 4.69) is 10.8 Å². The minimum Gasteiger partial charge on any atom is -0.502 e. The van der Waals surface area contributed by atoms with Gasteiger partial charge >= 0.3 is 21.6 Å². The fraction of sp³-hybridized carbons (Fsp3) is 0.516. The van der Waals surface area contributed by atoms with E-state index < -0.39 is 88.2 Å². The number of esters is 1. The summed E-state index contributed by atoms with van der Waals surface area (Å²) in [5.41, 5.74) is -5.32. The van der Waals surface area contributed by atoms with Crippen LogP contribution >= 0.6 is 0 Å². The van der Waals surface area contributed by atoms with Crippen LogP contribution in [-0.2, 0) is 38.6 Å². The first-order valence-corrected chi connectivity index (χ1v) is 16.4. The highest BCUT2D eigenvalue weighted by Crippen LogP contribution is 2.56. The van der Waals surface area contributed by atoms with E-state index in [1.54, 1.807) is 6.92 Å². The van der Waals surface area contributed by atoms with E-state index in [9.17, 15) is 41.7 Å². The lowest BCUT2D eigenvalue weighted by atomic mass is 9.66. The maximum absolute atomic E-state index is 13.5. The minimum absolute atomic E-state index is 0.0223. The molecule has 4 aliphatic rings. The van der Waals surface area contributed by atoms with Gasteiger partial charge in [0.1, 0.15) is 24.4 Å². The second-order valence-corrected chi connectivity index (χ2v) is 13.4. The number of alkyl halides is 3. The summed E-state index contributed by atoms with van der Waals surface area (Å²) in [4.78, 5) is 13.5. The summed E-state index contributed by atoms with van der Waals surface area (Å²) in [6, 6.07) is 5.20. The first kappa shape index (κ1) is 35.2. The zero-order valence-electron chi connectivity index (χ0n) is 26.2. The van der Waals surface area contributed by atoms with Crippen molar-refractivity contribution in [1.29, 1.82) is 0 Å². The van der Waals surface area contributed by atoms with Gasteiger partial charge in [0.25, 0.3) is 0 Å². The second-order valence-electron chi connectivity index (χ2n) is 11.9. The largest absolute Gasteiger partial charge is 0.534 e. The van der Waals surface area contributed by atoms with Gasteiger partial charge in [-0.25, -0.2) is 0 Å². The van der Waals surface area contributed by atoms with Crippen LogP contribution in [0, 0.1) is 11.8 Å². The number of cyclic esters (lactones) is 1. The van der Waals surface area contributed by atoms with Crippen LogP contribution < -0.4 is 13.7 Å². The summed E-state index contributed by atoms with van der Waals surface area (Å²) < 4.78 is 109. The summed E-state index contributed by atoms with van der Waals surface area (Å²) >= 11 is 0. The Morgan fingerprint density at radius 1 is 0.980 bits per heavy atom. The molecule has 3 fully saturated rings. The lowest BCUT2D eigenvalue weighted by molar-refractivity contribution is -0.364. The van der Waals surface area contributed by atoms with Gasteiger partial charge in [-0.2, -0.15) is 21.6 Å². The van der Waals surface area contributed by atoms with E-state index in [1.807, 2.05) is 0 Å². The molecule has 3 N–H and O–H groups in total. The number of carbonyl (C=O) groups is 1. The monoisotopic (exact) mass is 718 g/mol. The topological polar surface area (TPSA) is 186 Å². The van der Waals surface area contributed by atoms with Gasteiger partial charge in [0, 0.05) is 17.4 Å². The van der Waals surface area contributed by atoms with E-state index in [4.69, 9.17) is 33.2 Å². The number of phenolic OH excluding ortho intramolecular Hbond substituents is 1. The van der Waals surface area contributed by atoms with E-state index in [1.165, 1.54) is 32.4 Å². The molecule has 0 amide bonds. The van der Waals surface area contributed by atoms with Gasteiger partial charge in [0.15, 0.2) is 29.8 Å². The molecule has 1 aliphatic carbocycles. The number of aromatic hydroxyl groups is 1. The number of ether oxygens (including phenoxy) is 7. The van der Waals surface area contributed by atoms with Crippen molar-refractivity contribution < 1.29 is 79.0 Å². The van der Waals surface area contributed by atoms with Crippen molar-refractivity contribution in [3.8, 4) is 23.0 Å². The molecule has 14 nitrogen and oxygen atoms in total. The molecule has 3 heterocycles. The SMILES string of the molecule is C=Cc1cc2c(cc1OS(=O)(=O)C(F)(F)F)[C@@H](O[C@@H]1O[C@@H]3CO[C@@H](C)O[C@H]3[C@H](O)[C@H]1O)[C@H]1COC(=O)[C@@H]1[C@@H]2c1cc(OC)c(O)c(OC)c1. The van der Waals surface area contributed by atoms with Crippen LogP contribution in [-0.4, -0.2) is 99.6 Å². The van der Waals surface area contributed by atoms with E-state index >= 15 is 0 Å². The van der Waals surface area contributed by atoms with Crippen LogP contribution in [0.4, 0.5) is 13.2 Å². The smallest absolute Gasteiger partial charge is 0.502 e. The summed E-state index contributed by atoms with van der Waals surface area (Å²) in [7, 11) is -3.57. The molecule has 6 rings (SSSR count). The van der Waals surface area contributed by atoms with Crippen LogP contribution in [0.25, 0.3) is 6.08 Å². The molecule has 2 aromatic carbocycles. The zero-order chi connectivity index (χ0) is 35.6. The fourth-order valence-electron chi connectivity index (χ4n) is 6.79. The number of fused-ring (bicyclic) bond motifs is 3. The van der Waals surface area contributed by atoms with Gasteiger partial charge in [0.2, 0.25) is 5.75 Å². The number of hydrogen-bond donors (Lipinski definition) is 3. The number of methoxy groups -OCH3 is 2. The highest BCUT2D eigenvalue weighted by atomic mass is 32.2. The second kappa shape index (κ2) is 12.9. The van der Waals surface area contributed by atoms with Gasteiger partial charge in [-0.1, -0.05) is 12.7 Å². The Labute approximate surface area is 277 Å². The standard InChI is InChI=1S/C31H33F3O14S/c1-5-13-6-15-16(9-18(13)48-49(39,40)31(32,33)34)27(47-30-26(37)25(36)28-21(46-30)11-43-12(2)45-28)17-10-44-29(38)23(17)22(15)14-7-19(41-3)24(35)20(8-14)42-4/h5-9,12,17,21-23,25-28,30,35-37H,1,10-11H2,2-4H3/t12-,17+,21-,22-,23+,25-,26-,27-,28-,30+/m1/s1. The predicted molar refractivity (Wildman–Crippen MR) is 158 cm³/mol. The summed E-state index contributed by atoms with van der Waals surface area (Å²) in [5, 5.41) is 32.6. The molecule has 0 radical (unpaired) electrons. The van der Waals surface area contributed by atoms with E-state index in [-0.39, 0.29) is 47.2 Å². The molecule has 0 bridgehead atoms. The number of aliphatic hydroxyl groups is 2. The number of benzene rings is 2. The van der Waals surface area contributed by atoms with Crippen LogP contribution in [0.5, 0.6) is 23.0 Å². The summed E-state index contributed by atoms with van der Waals surface area (Å²) in [6.07, 6.45) is -7.62. The highest BCUT2D eigenvalue weighted by Gasteiger charge is 2.56. The molecule has 49 heavy (non-hydrogen) atoms. The molecule has 2 aromatic rings. The first-order valence-electron chi connectivity index (χ1n) is 15.0. The molecule has 3 saturated heterocycles. The molecule has 0 unspecified atom stereocenters. The van der Waals surface area contributed by atoms with Crippen LogP contribution in [0.15, 0.2) is 30.8 Å². The maximum Gasteiger partial charge on any atom is 0.534 e. The lowest BCUT2D eigenvalue weighted by Crippen LogP contribution is -2.63. The molecule has 0 aromatic heterocycles. The van der Waals surface area contributed by atoms with Crippen molar-refractivity contribution in [2.24, 2.45) is 11.8 Å². The normalized spacial score (nSPS) is 32.7. The third-order valence-corrected chi connectivity index (χ3v) is 10.1. The zero-order valence-corrected chi connectivity index (χ0v) is 27.0. The quantitative estimate of drug-likeness (QED) is 0.205. The van der Waals surface area contributed by atoms with Gasteiger partial charge in [0.05, 0.1) is 39.5 Å². The number of halogens is 3. The molecular formula is C31H33F3O14S. The fourth-order valence-corrected chi connectivity index (χ4v) is 7.26. The van der Waals surface area contributed by atoms with Gasteiger partial charge in [-0.05, 0) is 47.9 Å². The molecule has 0 saturated carbocycles. The van der Waals surface area contributed by atoms with Crippen molar-refractivity contribution >= 4 is 22.2 Å². The van der Waals surface area contributed by atoms with E-state index in [0.29, 0.717) is 5.56 Å².